The van der Waals surface area contributed by atoms with Crippen LogP contribution in [-0.2, 0) is 4.79 Å². The van der Waals surface area contributed by atoms with Crippen molar-refractivity contribution in [3.05, 3.63) is 35.0 Å². The average Bonchev–Trinajstić information content (AvgIpc) is 2.54. The Bertz CT molecular complexity index is 274. The van der Waals surface area contributed by atoms with Crippen LogP contribution in [0.15, 0.2) is 30.2 Å². The number of Topliss-reactive ketones (excluding diaryl/α,β-unsaturated/α-hetero) is 1. The summed E-state index contributed by atoms with van der Waals surface area (Å²) in [6, 6.07) is 4.11. The monoisotopic (exact) mass is 194 g/mol. The summed E-state index contributed by atoms with van der Waals surface area (Å²) in [4.78, 5) is 12.3. The number of hydrogen-bond donors (Lipinski definition) is 0. The van der Waals surface area contributed by atoms with Crippen LogP contribution in [0.1, 0.15) is 30.6 Å². The van der Waals surface area contributed by atoms with Gasteiger partial charge in [-0.25, -0.2) is 0 Å². The number of rotatable bonds is 5. The molecule has 0 radical (unpaired) electrons. The van der Waals surface area contributed by atoms with E-state index in [4.69, 9.17) is 0 Å². The Kier molecular flexibility index (Phi) is 3.90. The Balaban J connectivity index is 2.67. The van der Waals surface area contributed by atoms with Gasteiger partial charge in [-0.15, -0.1) is 17.9 Å². The normalized spacial score (nSPS) is 12.4. The molecule has 0 aromatic carbocycles. The molecule has 13 heavy (non-hydrogen) atoms. The van der Waals surface area contributed by atoms with Gasteiger partial charge in [0.25, 0.3) is 0 Å². The van der Waals surface area contributed by atoms with E-state index < -0.39 is 0 Å². The van der Waals surface area contributed by atoms with Crippen LogP contribution in [-0.4, -0.2) is 5.78 Å². The van der Waals surface area contributed by atoms with Crippen LogP contribution in [0.4, 0.5) is 0 Å². The molecule has 0 saturated carbocycles. The van der Waals surface area contributed by atoms with Gasteiger partial charge in [-0.2, -0.15) is 0 Å². The van der Waals surface area contributed by atoms with Crippen LogP contribution >= 0.6 is 11.3 Å². The minimum absolute atomic E-state index is 0.250. The van der Waals surface area contributed by atoms with Crippen molar-refractivity contribution < 1.29 is 4.79 Å². The Morgan fingerprint density at radius 2 is 2.54 bits per heavy atom. The van der Waals surface area contributed by atoms with E-state index >= 15 is 0 Å². The zero-order chi connectivity index (χ0) is 9.68. The minimum Gasteiger partial charge on any atom is -0.300 e. The highest BCUT2D eigenvalue weighted by Gasteiger charge is 2.12. The highest BCUT2D eigenvalue weighted by Crippen LogP contribution is 2.27. The summed E-state index contributed by atoms with van der Waals surface area (Å²) in [6.07, 6.45) is 3.40. The van der Waals surface area contributed by atoms with Crippen LogP contribution in [0, 0.1) is 0 Å². The summed E-state index contributed by atoms with van der Waals surface area (Å²) >= 11 is 1.71. The summed E-state index contributed by atoms with van der Waals surface area (Å²) < 4.78 is 0. The molecule has 1 unspecified atom stereocenters. The largest absolute Gasteiger partial charge is 0.300 e. The summed E-state index contributed by atoms with van der Waals surface area (Å²) in [5.74, 6) is 0.593. The first-order valence-corrected chi connectivity index (χ1v) is 5.25. The molecule has 0 aliphatic heterocycles. The minimum atomic E-state index is 0.250. The lowest BCUT2D eigenvalue weighted by Crippen LogP contribution is -2.01. The van der Waals surface area contributed by atoms with Gasteiger partial charge in [-0.1, -0.05) is 12.1 Å². The third-order valence-corrected chi connectivity index (χ3v) is 2.97. The lowest BCUT2D eigenvalue weighted by atomic mass is 9.98. The summed E-state index contributed by atoms with van der Waals surface area (Å²) in [5, 5.41) is 2.05. The molecule has 0 spiro atoms. The molecule has 0 aliphatic rings. The van der Waals surface area contributed by atoms with E-state index in [9.17, 15) is 4.79 Å². The molecular formula is C11H14OS. The third-order valence-electron chi connectivity index (χ3n) is 1.93. The van der Waals surface area contributed by atoms with E-state index in [-0.39, 0.29) is 5.78 Å². The number of hydrogen-bond acceptors (Lipinski definition) is 2. The number of carbonyl (C=O) groups is 1. The van der Waals surface area contributed by atoms with Crippen LogP contribution in [0.5, 0.6) is 0 Å². The van der Waals surface area contributed by atoms with Crippen LogP contribution < -0.4 is 0 Å². The number of thiophene rings is 1. The second kappa shape index (κ2) is 4.97. The topological polar surface area (TPSA) is 17.1 Å². The maximum absolute atomic E-state index is 11.0. The van der Waals surface area contributed by atoms with Gasteiger partial charge in [0, 0.05) is 17.2 Å². The number of allylic oxidation sites excluding steroid dienone is 1. The van der Waals surface area contributed by atoms with Crippen molar-refractivity contribution in [3.8, 4) is 0 Å². The van der Waals surface area contributed by atoms with Gasteiger partial charge in [0.05, 0.1) is 0 Å². The molecule has 1 heterocycles. The second-order valence-corrected chi connectivity index (χ2v) is 4.12. The Morgan fingerprint density at radius 3 is 3.00 bits per heavy atom. The fraction of sp³-hybridized carbons (Fsp3) is 0.364. The summed E-state index contributed by atoms with van der Waals surface area (Å²) in [5.41, 5.74) is 0. The van der Waals surface area contributed by atoms with Crippen molar-refractivity contribution in [2.45, 2.75) is 25.7 Å². The zero-order valence-electron chi connectivity index (χ0n) is 7.82. The van der Waals surface area contributed by atoms with Gasteiger partial charge in [-0.05, 0) is 24.8 Å². The van der Waals surface area contributed by atoms with E-state index in [1.54, 1.807) is 18.3 Å². The van der Waals surface area contributed by atoms with E-state index in [0.29, 0.717) is 12.3 Å². The van der Waals surface area contributed by atoms with Gasteiger partial charge in [0.15, 0.2) is 0 Å². The molecule has 1 atom stereocenters. The fourth-order valence-electron chi connectivity index (χ4n) is 1.37. The molecule has 2 heteroatoms. The predicted molar refractivity (Wildman–Crippen MR) is 57.2 cm³/mol. The first kappa shape index (κ1) is 10.2. The van der Waals surface area contributed by atoms with Crippen molar-refractivity contribution in [1.29, 1.82) is 0 Å². The highest BCUT2D eigenvalue weighted by molar-refractivity contribution is 7.10. The molecule has 0 saturated heterocycles. The van der Waals surface area contributed by atoms with E-state index in [2.05, 4.69) is 12.6 Å². The van der Waals surface area contributed by atoms with Gasteiger partial charge >= 0.3 is 0 Å². The van der Waals surface area contributed by atoms with Crippen molar-refractivity contribution in [2.75, 3.05) is 0 Å². The van der Waals surface area contributed by atoms with Gasteiger partial charge in [-0.3, -0.25) is 0 Å². The molecule has 0 N–H and O–H groups in total. The van der Waals surface area contributed by atoms with Crippen molar-refractivity contribution in [3.63, 3.8) is 0 Å². The predicted octanol–water partition coefficient (Wildman–Crippen LogP) is 3.39. The standard InChI is InChI=1S/C11H14OS/c1-3-5-10(8-9(2)12)11-6-4-7-13-11/h3-4,6-7,10H,1,5,8H2,2H3. The fourth-order valence-corrected chi connectivity index (χ4v) is 2.22. The lowest BCUT2D eigenvalue weighted by molar-refractivity contribution is -0.117. The molecule has 0 aliphatic carbocycles. The maximum atomic E-state index is 11.0. The first-order valence-electron chi connectivity index (χ1n) is 4.37. The molecule has 1 aromatic rings. The lowest BCUT2D eigenvalue weighted by Gasteiger charge is -2.10. The first-order chi connectivity index (χ1) is 6.24. The van der Waals surface area contributed by atoms with E-state index in [1.807, 2.05) is 17.5 Å². The SMILES string of the molecule is C=CCC(CC(C)=O)c1cccs1. The molecule has 1 nitrogen and oxygen atoms in total. The van der Waals surface area contributed by atoms with Crippen LogP contribution in [0.25, 0.3) is 0 Å². The van der Waals surface area contributed by atoms with Crippen molar-refractivity contribution in [2.24, 2.45) is 0 Å². The van der Waals surface area contributed by atoms with Gasteiger partial charge < -0.3 is 4.79 Å². The molecule has 0 fully saturated rings. The quantitative estimate of drug-likeness (QED) is 0.657. The summed E-state index contributed by atoms with van der Waals surface area (Å²) in [6.45, 7) is 5.35. The molecule has 1 aromatic heterocycles. The molecule has 0 amide bonds. The van der Waals surface area contributed by atoms with Crippen molar-refractivity contribution >= 4 is 17.1 Å². The third kappa shape index (κ3) is 3.15. The summed E-state index contributed by atoms with van der Waals surface area (Å²) in [7, 11) is 0. The van der Waals surface area contributed by atoms with E-state index in [0.717, 1.165) is 6.42 Å². The smallest absolute Gasteiger partial charge is 0.130 e. The van der Waals surface area contributed by atoms with Crippen molar-refractivity contribution in [1.82, 2.24) is 0 Å². The molecule has 70 valence electrons. The molecular weight excluding hydrogens is 180 g/mol. The number of carbonyl (C=O) groups excluding carboxylic acids is 1. The van der Waals surface area contributed by atoms with Gasteiger partial charge in [0.1, 0.15) is 5.78 Å². The maximum Gasteiger partial charge on any atom is 0.130 e. The number of ketones is 1. The second-order valence-electron chi connectivity index (χ2n) is 3.14. The highest BCUT2D eigenvalue weighted by atomic mass is 32.1. The Labute approximate surface area is 83.1 Å². The van der Waals surface area contributed by atoms with E-state index in [1.165, 1.54) is 4.88 Å². The Morgan fingerprint density at radius 1 is 1.77 bits per heavy atom. The zero-order valence-corrected chi connectivity index (χ0v) is 8.64. The van der Waals surface area contributed by atoms with Gasteiger partial charge in [0.2, 0.25) is 0 Å². The molecule has 0 bridgehead atoms. The molecule has 1 rings (SSSR count). The Hall–Kier alpha value is -0.890. The average molecular weight is 194 g/mol. The van der Waals surface area contributed by atoms with Crippen LogP contribution in [0.3, 0.4) is 0 Å². The van der Waals surface area contributed by atoms with Crippen LogP contribution in [0.2, 0.25) is 0 Å².